The van der Waals surface area contributed by atoms with Gasteiger partial charge in [-0.25, -0.2) is 4.68 Å². The molecule has 5 heteroatoms. The van der Waals surface area contributed by atoms with Crippen molar-refractivity contribution in [1.29, 1.82) is 0 Å². The molecule has 1 aromatic carbocycles. The van der Waals surface area contributed by atoms with Crippen molar-refractivity contribution >= 4 is 16.6 Å². The van der Waals surface area contributed by atoms with Gasteiger partial charge < -0.3 is 10.5 Å². The molecule has 102 valence electrons. The Balaban J connectivity index is 2.08. The van der Waals surface area contributed by atoms with Crippen LogP contribution in [0.5, 0.6) is 11.6 Å². The maximum Gasteiger partial charge on any atom is 0.241 e. The van der Waals surface area contributed by atoms with Crippen LogP contribution in [-0.2, 0) is 13.5 Å². The summed E-state index contributed by atoms with van der Waals surface area (Å²) < 4.78 is 7.61. The second-order valence-electron chi connectivity index (χ2n) is 4.58. The fraction of sp³-hybridized carbons (Fsp3) is 0.200. The van der Waals surface area contributed by atoms with Crippen LogP contribution in [0.4, 0.5) is 5.69 Å². The van der Waals surface area contributed by atoms with E-state index >= 15 is 0 Å². The molecule has 0 radical (unpaired) electrons. The predicted octanol–water partition coefficient (Wildman–Crippen LogP) is 2.91. The van der Waals surface area contributed by atoms with E-state index in [0.29, 0.717) is 17.3 Å². The van der Waals surface area contributed by atoms with Gasteiger partial charge in [0, 0.05) is 18.6 Å². The van der Waals surface area contributed by atoms with E-state index in [1.165, 1.54) is 0 Å². The molecule has 3 aromatic rings. The highest BCUT2D eigenvalue weighted by Gasteiger charge is 2.15. The zero-order chi connectivity index (χ0) is 14.1. The van der Waals surface area contributed by atoms with Crippen molar-refractivity contribution in [3.63, 3.8) is 0 Å². The van der Waals surface area contributed by atoms with E-state index in [1.807, 2.05) is 44.3 Å². The average molecular weight is 268 g/mol. The highest BCUT2D eigenvalue weighted by molar-refractivity contribution is 5.84. The summed E-state index contributed by atoms with van der Waals surface area (Å²) in [5.74, 6) is 1.24. The lowest BCUT2D eigenvalue weighted by atomic mass is 10.2. The van der Waals surface area contributed by atoms with Gasteiger partial charge in [-0.15, -0.1) is 0 Å². The standard InChI is InChI=1S/C15H16N4O/c1-3-11-13(16)15(19(2)18-11)20-12-8-4-6-10-7-5-9-17-14(10)12/h4-9H,3,16H2,1-2H3. The van der Waals surface area contributed by atoms with Crippen molar-refractivity contribution in [1.82, 2.24) is 14.8 Å². The number of rotatable bonds is 3. The van der Waals surface area contributed by atoms with Gasteiger partial charge in [-0.1, -0.05) is 25.1 Å². The van der Waals surface area contributed by atoms with Gasteiger partial charge in [0.1, 0.15) is 11.2 Å². The number of hydrogen-bond acceptors (Lipinski definition) is 4. The Kier molecular flexibility index (Phi) is 3.02. The highest BCUT2D eigenvalue weighted by Crippen LogP contribution is 2.32. The molecule has 0 aliphatic rings. The number of aromatic nitrogens is 3. The molecular weight excluding hydrogens is 252 g/mol. The number of pyridine rings is 1. The maximum absolute atomic E-state index is 6.08. The van der Waals surface area contributed by atoms with Crippen molar-refractivity contribution in [3.8, 4) is 11.6 Å². The first-order valence-corrected chi connectivity index (χ1v) is 6.53. The molecule has 0 fully saturated rings. The Bertz CT molecular complexity index is 758. The molecule has 0 unspecified atom stereocenters. The van der Waals surface area contributed by atoms with Crippen molar-refractivity contribution in [2.75, 3.05) is 5.73 Å². The fourth-order valence-corrected chi connectivity index (χ4v) is 2.22. The summed E-state index contributed by atoms with van der Waals surface area (Å²) in [5.41, 5.74) is 8.32. The molecule has 0 spiro atoms. The van der Waals surface area contributed by atoms with E-state index in [1.54, 1.807) is 10.9 Å². The summed E-state index contributed by atoms with van der Waals surface area (Å²) in [6.07, 6.45) is 2.52. The monoisotopic (exact) mass is 268 g/mol. The van der Waals surface area contributed by atoms with Crippen LogP contribution in [0.15, 0.2) is 36.5 Å². The number of nitrogen functional groups attached to an aromatic ring is 1. The molecule has 20 heavy (non-hydrogen) atoms. The van der Waals surface area contributed by atoms with Crippen LogP contribution >= 0.6 is 0 Å². The Morgan fingerprint density at radius 3 is 2.80 bits per heavy atom. The smallest absolute Gasteiger partial charge is 0.241 e. The number of para-hydroxylation sites is 1. The lowest BCUT2D eigenvalue weighted by Gasteiger charge is -2.08. The third kappa shape index (κ3) is 1.97. The van der Waals surface area contributed by atoms with Crippen LogP contribution < -0.4 is 10.5 Å². The quantitative estimate of drug-likeness (QED) is 0.793. The number of anilines is 1. The summed E-state index contributed by atoms with van der Waals surface area (Å²) in [4.78, 5) is 4.37. The number of nitrogens with two attached hydrogens (primary N) is 1. The number of ether oxygens (including phenoxy) is 1. The molecule has 2 heterocycles. The van der Waals surface area contributed by atoms with E-state index in [-0.39, 0.29) is 0 Å². The summed E-state index contributed by atoms with van der Waals surface area (Å²) >= 11 is 0. The molecule has 0 saturated carbocycles. The molecule has 5 nitrogen and oxygen atoms in total. The van der Waals surface area contributed by atoms with Crippen molar-refractivity contribution in [2.45, 2.75) is 13.3 Å². The fourth-order valence-electron chi connectivity index (χ4n) is 2.22. The summed E-state index contributed by atoms with van der Waals surface area (Å²) in [5, 5.41) is 5.38. The number of aryl methyl sites for hydroxylation is 2. The maximum atomic E-state index is 6.08. The molecule has 0 bridgehead atoms. The second-order valence-corrected chi connectivity index (χ2v) is 4.58. The Labute approximate surface area is 117 Å². The van der Waals surface area contributed by atoms with Gasteiger partial charge in [-0.2, -0.15) is 5.10 Å². The molecule has 0 saturated heterocycles. The minimum Gasteiger partial charge on any atom is -0.435 e. The largest absolute Gasteiger partial charge is 0.435 e. The van der Waals surface area contributed by atoms with Gasteiger partial charge in [0.2, 0.25) is 5.88 Å². The molecule has 3 rings (SSSR count). The summed E-state index contributed by atoms with van der Waals surface area (Å²) in [7, 11) is 1.82. The van der Waals surface area contributed by atoms with Gasteiger partial charge in [-0.05, 0) is 18.6 Å². The molecular formula is C15H16N4O. The van der Waals surface area contributed by atoms with Crippen molar-refractivity contribution in [2.24, 2.45) is 7.05 Å². The molecule has 0 aliphatic carbocycles. The van der Waals surface area contributed by atoms with Gasteiger partial charge in [0.05, 0.1) is 5.69 Å². The van der Waals surface area contributed by atoms with Gasteiger partial charge in [0.15, 0.2) is 5.75 Å². The Hall–Kier alpha value is -2.56. The summed E-state index contributed by atoms with van der Waals surface area (Å²) in [6.45, 7) is 2.02. The Morgan fingerprint density at radius 2 is 2.05 bits per heavy atom. The van der Waals surface area contributed by atoms with E-state index in [9.17, 15) is 0 Å². The van der Waals surface area contributed by atoms with Gasteiger partial charge in [0.25, 0.3) is 0 Å². The van der Waals surface area contributed by atoms with Crippen LogP contribution in [0, 0.1) is 0 Å². The topological polar surface area (TPSA) is 66.0 Å². The molecule has 2 aromatic heterocycles. The zero-order valence-corrected chi connectivity index (χ0v) is 11.5. The average Bonchev–Trinajstić information content (AvgIpc) is 2.75. The van der Waals surface area contributed by atoms with Crippen molar-refractivity contribution in [3.05, 3.63) is 42.2 Å². The van der Waals surface area contributed by atoms with Crippen LogP contribution in [0.1, 0.15) is 12.6 Å². The van der Waals surface area contributed by atoms with Gasteiger partial charge in [-0.3, -0.25) is 4.98 Å². The minimum absolute atomic E-state index is 0.556. The molecule has 2 N–H and O–H groups in total. The van der Waals surface area contributed by atoms with Gasteiger partial charge >= 0.3 is 0 Å². The first-order valence-electron chi connectivity index (χ1n) is 6.53. The third-order valence-corrected chi connectivity index (χ3v) is 3.24. The lowest BCUT2D eigenvalue weighted by Crippen LogP contribution is -1.98. The predicted molar refractivity (Wildman–Crippen MR) is 78.8 cm³/mol. The number of nitrogens with zero attached hydrogens (tertiary/aromatic N) is 3. The molecule has 0 aliphatic heterocycles. The van der Waals surface area contributed by atoms with Crippen molar-refractivity contribution < 1.29 is 4.74 Å². The lowest BCUT2D eigenvalue weighted by molar-refractivity contribution is 0.436. The zero-order valence-electron chi connectivity index (χ0n) is 11.5. The van der Waals surface area contributed by atoms with Crippen LogP contribution in [0.25, 0.3) is 10.9 Å². The number of fused-ring (bicyclic) bond motifs is 1. The molecule has 0 atom stereocenters. The van der Waals surface area contributed by atoms with E-state index in [2.05, 4.69) is 10.1 Å². The normalized spacial score (nSPS) is 10.9. The minimum atomic E-state index is 0.556. The van der Waals surface area contributed by atoms with E-state index in [4.69, 9.17) is 10.5 Å². The first kappa shape index (κ1) is 12.5. The van der Waals surface area contributed by atoms with E-state index < -0.39 is 0 Å². The second kappa shape index (κ2) is 4.85. The number of benzene rings is 1. The SMILES string of the molecule is CCc1nn(C)c(Oc2cccc3cccnc23)c1N. The Morgan fingerprint density at radius 1 is 1.25 bits per heavy atom. The number of hydrogen-bond donors (Lipinski definition) is 1. The van der Waals surface area contributed by atoms with Crippen LogP contribution in [0.2, 0.25) is 0 Å². The van der Waals surface area contributed by atoms with Crippen LogP contribution in [0.3, 0.4) is 0 Å². The first-order chi connectivity index (χ1) is 9.70. The third-order valence-electron chi connectivity index (χ3n) is 3.24. The summed E-state index contributed by atoms with van der Waals surface area (Å²) in [6, 6.07) is 9.72. The molecule has 0 amide bonds. The van der Waals surface area contributed by atoms with E-state index in [0.717, 1.165) is 23.0 Å². The highest BCUT2D eigenvalue weighted by atomic mass is 16.5. The van der Waals surface area contributed by atoms with Crippen LogP contribution in [-0.4, -0.2) is 14.8 Å².